The molecule has 0 saturated carbocycles. The van der Waals surface area contributed by atoms with Crippen LogP contribution in [-0.4, -0.2) is 59.0 Å². The fraction of sp³-hybridized carbons (Fsp3) is 0.667. The molecule has 2 rings (SSSR count). The number of para-hydroxylation sites is 1. The summed E-state index contributed by atoms with van der Waals surface area (Å²) in [5.41, 5.74) is 0.868. The quantitative estimate of drug-likeness (QED) is 0.402. The van der Waals surface area contributed by atoms with Crippen LogP contribution in [0, 0.1) is 0 Å². The molecular formula is C18H29O7P. The third-order valence-electron chi connectivity index (χ3n) is 3.83. The average Bonchev–Trinajstić information content (AvgIpc) is 2.90. The van der Waals surface area contributed by atoms with Gasteiger partial charge in [-0.1, -0.05) is 12.1 Å². The highest BCUT2D eigenvalue weighted by atomic mass is 31.2. The van der Waals surface area contributed by atoms with Crippen molar-refractivity contribution in [2.75, 3.05) is 53.4 Å². The molecule has 1 aliphatic rings. The molecule has 1 aromatic rings. The van der Waals surface area contributed by atoms with Gasteiger partial charge >= 0.3 is 7.60 Å². The SMILES string of the molecule is COCCOP(=O)(CCOc1cccc2c1OC(C)(C)C2)OCCOC. The van der Waals surface area contributed by atoms with Crippen LogP contribution >= 0.6 is 7.60 Å². The lowest BCUT2D eigenvalue weighted by atomic mass is 10.0. The van der Waals surface area contributed by atoms with Crippen LogP contribution in [0.3, 0.4) is 0 Å². The molecule has 0 atom stereocenters. The molecular weight excluding hydrogens is 359 g/mol. The lowest BCUT2D eigenvalue weighted by Gasteiger charge is -2.20. The predicted molar refractivity (Wildman–Crippen MR) is 98.5 cm³/mol. The summed E-state index contributed by atoms with van der Waals surface area (Å²) in [5.74, 6) is 1.40. The zero-order valence-corrected chi connectivity index (χ0v) is 16.9. The molecule has 26 heavy (non-hydrogen) atoms. The number of fused-ring (bicyclic) bond motifs is 1. The van der Waals surface area contributed by atoms with E-state index in [9.17, 15) is 4.57 Å². The molecule has 0 bridgehead atoms. The van der Waals surface area contributed by atoms with E-state index in [1.807, 2.05) is 32.0 Å². The summed E-state index contributed by atoms with van der Waals surface area (Å²) in [6.07, 6.45) is 0.964. The Morgan fingerprint density at radius 2 is 1.69 bits per heavy atom. The molecule has 0 N–H and O–H groups in total. The van der Waals surface area contributed by atoms with E-state index >= 15 is 0 Å². The van der Waals surface area contributed by atoms with Gasteiger partial charge in [0.1, 0.15) is 5.60 Å². The molecule has 0 amide bonds. The van der Waals surface area contributed by atoms with Crippen molar-refractivity contribution in [3.05, 3.63) is 23.8 Å². The number of ether oxygens (including phenoxy) is 4. The second kappa shape index (κ2) is 9.72. The zero-order valence-electron chi connectivity index (χ0n) is 16.0. The minimum Gasteiger partial charge on any atom is -0.489 e. The van der Waals surface area contributed by atoms with E-state index in [-0.39, 0.29) is 31.6 Å². The molecule has 0 fully saturated rings. The third kappa shape index (κ3) is 6.25. The lowest BCUT2D eigenvalue weighted by Crippen LogP contribution is -2.24. The van der Waals surface area contributed by atoms with Gasteiger partial charge in [-0.05, 0) is 19.9 Å². The smallest absolute Gasteiger partial charge is 0.334 e. The Balaban J connectivity index is 1.93. The standard InChI is InChI=1S/C18H29O7P/c1-18(2)14-15-6-5-7-16(17(15)25-18)22-12-13-26(19,23-10-8-20-3)24-11-9-21-4/h5-7H,8-14H2,1-4H3. The van der Waals surface area contributed by atoms with Gasteiger partial charge in [0.2, 0.25) is 0 Å². The van der Waals surface area contributed by atoms with Crippen LogP contribution in [-0.2, 0) is 29.5 Å². The largest absolute Gasteiger partial charge is 0.489 e. The number of benzene rings is 1. The monoisotopic (exact) mass is 388 g/mol. The van der Waals surface area contributed by atoms with Gasteiger partial charge in [0.25, 0.3) is 0 Å². The second-order valence-corrected chi connectivity index (χ2v) is 8.80. The van der Waals surface area contributed by atoms with Crippen LogP contribution < -0.4 is 9.47 Å². The second-order valence-electron chi connectivity index (χ2n) is 6.62. The van der Waals surface area contributed by atoms with Gasteiger partial charge in [-0.2, -0.15) is 0 Å². The van der Waals surface area contributed by atoms with Crippen LogP contribution in [0.2, 0.25) is 0 Å². The molecule has 0 saturated heterocycles. The molecule has 0 aliphatic carbocycles. The van der Waals surface area contributed by atoms with Gasteiger partial charge in [0.05, 0.1) is 39.2 Å². The Morgan fingerprint density at radius 3 is 2.31 bits per heavy atom. The van der Waals surface area contributed by atoms with Crippen LogP contribution in [0.1, 0.15) is 19.4 Å². The minimum absolute atomic E-state index is 0.132. The number of hydrogen-bond donors (Lipinski definition) is 0. The number of hydrogen-bond acceptors (Lipinski definition) is 7. The van der Waals surface area contributed by atoms with Crippen molar-refractivity contribution in [2.24, 2.45) is 0 Å². The fourth-order valence-electron chi connectivity index (χ4n) is 2.65. The molecule has 0 radical (unpaired) electrons. The van der Waals surface area contributed by atoms with E-state index in [4.69, 9.17) is 28.0 Å². The molecule has 1 heterocycles. The molecule has 0 aromatic heterocycles. The topological polar surface area (TPSA) is 72.5 Å². The Kier molecular flexibility index (Phi) is 7.92. The fourth-order valence-corrected chi connectivity index (χ4v) is 4.01. The van der Waals surface area contributed by atoms with Gasteiger partial charge in [-0.3, -0.25) is 4.57 Å². The Hall–Kier alpha value is -1.11. The normalized spacial score (nSPS) is 15.5. The molecule has 1 aromatic carbocycles. The van der Waals surface area contributed by atoms with Gasteiger partial charge < -0.3 is 28.0 Å². The molecule has 148 valence electrons. The maximum atomic E-state index is 12.8. The van der Waals surface area contributed by atoms with Gasteiger partial charge in [0, 0.05) is 26.2 Å². The van der Waals surface area contributed by atoms with Gasteiger partial charge in [-0.15, -0.1) is 0 Å². The first-order valence-corrected chi connectivity index (χ1v) is 10.4. The first-order chi connectivity index (χ1) is 12.4. The van der Waals surface area contributed by atoms with E-state index in [1.165, 1.54) is 0 Å². The third-order valence-corrected chi connectivity index (χ3v) is 5.71. The average molecular weight is 388 g/mol. The van der Waals surface area contributed by atoms with Crippen LogP contribution in [0.15, 0.2) is 18.2 Å². The summed E-state index contributed by atoms with van der Waals surface area (Å²) in [7, 11) is -0.175. The van der Waals surface area contributed by atoms with Crippen LogP contribution in [0.4, 0.5) is 0 Å². The lowest BCUT2D eigenvalue weighted by molar-refractivity contribution is 0.105. The summed E-state index contributed by atoms with van der Waals surface area (Å²) in [6.45, 7) is 5.34. The van der Waals surface area contributed by atoms with E-state index in [0.717, 1.165) is 17.7 Å². The number of rotatable bonds is 12. The van der Waals surface area contributed by atoms with Crippen molar-refractivity contribution in [1.29, 1.82) is 0 Å². The summed E-state index contributed by atoms with van der Waals surface area (Å²) >= 11 is 0. The van der Waals surface area contributed by atoms with E-state index in [1.54, 1.807) is 14.2 Å². The summed E-state index contributed by atoms with van der Waals surface area (Å²) in [5, 5.41) is 0. The molecule has 7 nitrogen and oxygen atoms in total. The van der Waals surface area contributed by atoms with Crippen molar-refractivity contribution >= 4 is 7.60 Å². The molecule has 8 heteroatoms. The minimum atomic E-state index is -3.29. The Bertz CT molecular complexity index is 604. The predicted octanol–water partition coefficient (Wildman–Crippen LogP) is 3.30. The first kappa shape index (κ1) is 21.2. The van der Waals surface area contributed by atoms with E-state index in [0.29, 0.717) is 19.0 Å². The first-order valence-electron chi connectivity index (χ1n) is 8.69. The highest BCUT2D eigenvalue weighted by molar-refractivity contribution is 7.53. The summed E-state index contributed by atoms with van der Waals surface area (Å²) < 4.78 is 45.3. The van der Waals surface area contributed by atoms with Gasteiger partial charge in [0.15, 0.2) is 11.5 Å². The summed E-state index contributed by atoms with van der Waals surface area (Å²) in [6, 6.07) is 5.81. The number of methoxy groups -OCH3 is 2. The molecule has 0 unspecified atom stereocenters. The highest BCUT2D eigenvalue weighted by Crippen LogP contribution is 2.48. The maximum Gasteiger partial charge on any atom is 0.334 e. The van der Waals surface area contributed by atoms with Crippen molar-refractivity contribution < 1.29 is 32.6 Å². The van der Waals surface area contributed by atoms with Gasteiger partial charge in [-0.25, -0.2) is 0 Å². The van der Waals surface area contributed by atoms with E-state index < -0.39 is 7.60 Å². The van der Waals surface area contributed by atoms with Crippen molar-refractivity contribution in [1.82, 2.24) is 0 Å². The Morgan fingerprint density at radius 1 is 1.04 bits per heavy atom. The molecule has 1 aliphatic heterocycles. The summed E-state index contributed by atoms with van der Waals surface area (Å²) in [4.78, 5) is 0. The van der Waals surface area contributed by atoms with Crippen molar-refractivity contribution in [2.45, 2.75) is 25.9 Å². The Labute approximate surface area is 155 Å². The highest BCUT2D eigenvalue weighted by Gasteiger charge is 2.32. The van der Waals surface area contributed by atoms with Crippen molar-refractivity contribution in [3.63, 3.8) is 0 Å². The van der Waals surface area contributed by atoms with E-state index in [2.05, 4.69) is 0 Å². The molecule has 0 spiro atoms. The van der Waals surface area contributed by atoms with Crippen LogP contribution in [0.5, 0.6) is 11.5 Å². The van der Waals surface area contributed by atoms with Crippen molar-refractivity contribution in [3.8, 4) is 11.5 Å². The zero-order chi connectivity index (χ0) is 19.0. The van der Waals surface area contributed by atoms with Crippen LogP contribution in [0.25, 0.3) is 0 Å². The maximum absolute atomic E-state index is 12.8.